The zero-order chi connectivity index (χ0) is 18.5. The maximum atomic E-state index is 13.2. The Hall–Kier alpha value is -1.99. The number of piperidine rings is 1. The minimum absolute atomic E-state index is 0.0624. The highest BCUT2D eigenvalue weighted by atomic mass is 16.3. The van der Waals surface area contributed by atoms with Crippen LogP contribution in [0.2, 0.25) is 0 Å². The third-order valence-electron chi connectivity index (χ3n) is 5.03. The number of amidine groups is 1. The lowest BCUT2D eigenvalue weighted by molar-refractivity contribution is -0.137. The molecule has 0 bridgehead atoms. The number of furan rings is 1. The maximum Gasteiger partial charge on any atom is 0.234 e. The molecule has 3 rings (SSSR count). The van der Waals surface area contributed by atoms with Gasteiger partial charge in [0.1, 0.15) is 23.7 Å². The molecule has 1 saturated heterocycles. The first-order valence-electron chi connectivity index (χ1n) is 9.48. The van der Waals surface area contributed by atoms with Gasteiger partial charge in [0.05, 0.1) is 12.8 Å². The molecule has 0 aliphatic carbocycles. The summed E-state index contributed by atoms with van der Waals surface area (Å²) in [5.41, 5.74) is 5.90. The summed E-state index contributed by atoms with van der Waals surface area (Å²) < 4.78 is 5.39. The predicted molar refractivity (Wildman–Crippen MR) is 102 cm³/mol. The van der Waals surface area contributed by atoms with Crippen molar-refractivity contribution in [2.24, 2.45) is 27.6 Å². The summed E-state index contributed by atoms with van der Waals surface area (Å²) in [5.74, 6) is 1.44. The molecule has 1 amide bonds. The summed E-state index contributed by atoms with van der Waals surface area (Å²) in [6.45, 7) is 5.88. The Kier molecular flexibility index (Phi) is 6.21. The molecular formula is C19H29N5O2. The molecule has 3 unspecified atom stereocenters. The maximum absolute atomic E-state index is 13.2. The van der Waals surface area contributed by atoms with Gasteiger partial charge in [-0.15, -0.1) is 0 Å². The van der Waals surface area contributed by atoms with Crippen LogP contribution in [-0.2, 0) is 11.3 Å². The average Bonchev–Trinajstić information content (AvgIpc) is 3.19. The van der Waals surface area contributed by atoms with E-state index in [2.05, 4.69) is 24.2 Å². The number of likely N-dealkylation sites (tertiary alicyclic amines) is 1. The van der Waals surface area contributed by atoms with E-state index in [-0.39, 0.29) is 24.0 Å². The molecule has 2 aliphatic heterocycles. The molecule has 7 nitrogen and oxygen atoms in total. The summed E-state index contributed by atoms with van der Waals surface area (Å²) in [6.07, 6.45) is 6.17. The smallest absolute Gasteiger partial charge is 0.234 e. The Morgan fingerprint density at radius 2 is 2.31 bits per heavy atom. The molecule has 0 spiro atoms. The molecule has 1 aromatic heterocycles. The van der Waals surface area contributed by atoms with E-state index in [0.717, 1.165) is 37.4 Å². The van der Waals surface area contributed by atoms with Gasteiger partial charge in [-0.1, -0.05) is 13.8 Å². The van der Waals surface area contributed by atoms with Gasteiger partial charge in [0.2, 0.25) is 5.91 Å². The van der Waals surface area contributed by atoms with Crippen molar-refractivity contribution in [1.29, 1.82) is 0 Å². The fourth-order valence-corrected chi connectivity index (χ4v) is 3.51. The number of carbonyl (C=O) groups excluding carboxylic acids is 1. The molecule has 3 atom stereocenters. The molecule has 3 N–H and O–H groups in total. The number of hydrogen-bond donors (Lipinski definition) is 2. The number of rotatable bonds is 6. The third kappa shape index (κ3) is 4.22. The van der Waals surface area contributed by atoms with Crippen LogP contribution >= 0.6 is 0 Å². The van der Waals surface area contributed by atoms with Crippen molar-refractivity contribution in [2.75, 3.05) is 13.1 Å². The van der Waals surface area contributed by atoms with Gasteiger partial charge in [0.25, 0.3) is 0 Å². The second-order valence-electron chi connectivity index (χ2n) is 7.27. The van der Waals surface area contributed by atoms with Crippen LogP contribution in [-0.4, -0.2) is 48.2 Å². The predicted octanol–water partition coefficient (Wildman–Crippen LogP) is 1.79. The number of hydrogen-bond acceptors (Lipinski definition) is 6. The topological polar surface area (TPSA) is 96.2 Å². The molecule has 142 valence electrons. The number of nitrogens with two attached hydrogens (primary N) is 1. The fourth-order valence-electron chi connectivity index (χ4n) is 3.51. The normalized spacial score (nSPS) is 26.2. The summed E-state index contributed by atoms with van der Waals surface area (Å²) >= 11 is 0. The Morgan fingerprint density at radius 1 is 1.46 bits per heavy atom. The van der Waals surface area contributed by atoms with Gasteiger partial charge in [-0.3, -0.25) is 15.1 Å². The van der Waals surface area contributed by atoms with Gasteiger partial charge >= 0.3 is 0 Å². The summed E-state index contributed by atoms with van der Waals surface area (Å²) in [5, 5.41) is 3.36. The first-order chi connectivity index (χ1) is 12.6. The average molecular weight is 359 g/mol. The minimum atomic E-state index is -0.417. The van der Waals surface area contributed by atoms with Gasteiger partial charge in [-0.05, 0) is 31.4 Å². The van der Waals surface area contributed by atoms with Crippen molar-refractivity contribution in [2.45, 2.75) is 51.9 Å². The Labute approximate surface area is 154 Å². The van der Waals surface area contributed by atoms with E-state index in [1.165, 1.54) is 0 Å². The number of amides is 1. The van der Waals surface area contributed by atoms with Crippen molar-refractivity contribution in [3.05, 3.63) is 24.2 Å². The molecule has 3 heterocycles. The van der Waals surface area contributed by atoms with Gasteiger partial charge in [0.15, 0.2) is 0 Å². The van der Waals surface area contributed by atoms with Crippen LogP contribution in [0.15, 0.2) is 32.8 Å². The lowest BCUT2D eigenvalue weighted by Crippen LogP contribution is -2.54. The first-order valence-corrected chi connectivity index (χ1v) is 9.48. The SMILES string of the molecule is CC(C)C1=NC(NCc2ccco2)C(C(=O)N2CCCCC2CN)C=N1. The van der Waals surface area contributed by atoms with Crippen LogP contribution < -0.4 is 11.1 Å². The molecular weight excluding hydrogens is 330 g/mol. The second kappa shape index (κ2) is 8.60. The standard InChI is InChI=1S/C19H29N5O2/c1-13(2)17-22-12-16(18(23-17)21-11-15-7-5-9-26-15)19(25)24-8-4-3-6-14(24)10-20/h5,7,9,12-14,16,18,21H,3-4,6,8,10-11,20H2,1-2H3. The lowest BCUT2D eigenvalue weighted by atomic mass is 9.97. The minimum Gasteiger partial charge on any atom is -0.468 e. The van der Waals surface area contributed by atoms with Crippen molar-refractivity contribution < 1.29 is 9.21 Å². The van der Waals surface area contributed by atoms with Crippen LogP contribution in [0.1, 0.15) is 38.9 Å². The third-order valence-corrected chi connectivity index (χ3v) is 5.03. The Morgan fingerprint density at radius 3 is 3.00 bits per heavy atom. The zero-order valence-electron chi connectivity index (χ0n) is 15.6. The fraction of sp³-hybridized carbons (Fsp3) is 0.632. The van der Waals surface area contributed by atoms with E-state index in [1.54, 1.807) is 12.5 Å². The highest BCUT2D eigenvalue weighted by Gasteiger charge is 2.36. The van der Waals surface area contributed by atoms with Crippen molar-refractivity contribution >= 4 is 18.0 Å². The van der Waals surface area contributed by atoms with Gasteiger partial charge in [0, 0.05) is 31.3 Å². The molecule has 0 saturated carbocycles. The highest BCUT2D eigenvalue weighted by Crippen LogP contribution is 2.22. The molecule has 7 heteroatoms. The monoisotopic (exact) mass is 359 g/mol. The molecule has 1 fully saturated rings. The Bertz CT molecular complexity index is 653. The van der Waals surface area contributed by atoms with E-state index >= 15 is 0 Å². The zero-order valence-corrected chi connectivity index (χ0v) is 15.6. The quantitative estimate of drug-likeness (QED) is 0.809. The summed E-state index contributed by atoms with van der Waals surface area (Å²) in [4.78, 5) is 24.3. The second-order valence-corrected chi connectivity index (χ2v) is 7.27. The van der Waals surface area contributed by atoms with Crippen LogP contribution in [0.5, 0.6) is 0 Å². The van der Waals surface area contributed by atoms with Gasteiger partial charge < -0.3 is 15.1 Å². The molecule has 0 aromatic carbocycles. The molecule has 0 radical (unpaired) electrons. The van der Waals surface area contributed by atoms with E-state index in [1.807, 2.05) is 17.0 Å². The van der Waals surface area contributed by atoms with Gasteiger partial charge in [-0.2, -0.15) is 0 Å². The van der Waals surface area contributed by atoms with E-state index in [0.29, 0.717) is 13.1 Å². The molecule has 26 heavy (non-hydrogen) atoms. The number of nitrogens with one attached hydrogen (secondary N) is 1. The number of nitrogens with zero attached hydrogens (tertiary/aromatic N) is 3. The van der Waals surface area contributed by atoms with Gasteiger partial charge in [-0.25, -0.2) is 4.99 Å². The van der Waals surface area contributed by atoms with Crippen LogP contribution in [0.3, 0.4) is 0 Å². The van der Waals surface area contributed by atoms with Crippen molar-refractivity contribution in [3.63, 3.8) is 0 Å². The molecule has 2 aliphatic rings. The van der Waals surface area contributed by atoms with E-state index in [9.17, 15) is 4.79 Å². The summed E-state index contributed by atoms with van der Waals surface area (Å²) in [6, 6.07) is 3.87. The van der Waals surface area contributed by atoms with E-state index < -0.39 is 5.92 Å². The number of aliphatic imine (C=N–C) groups is 2. The van der Waals surface area contributed by atoms with Crippen LogP contribution in [0.4, 0.5) is 0 Å². The molecule has 1 aromatic rings. The van der Waals surface area contributed by atoms with E-state index in [4.69, 9.17) is 15.1 Å². The largest absolute Gasteiger partial charge is 0.468 e. The highest BCUT2D eigenvalue weighted by molar-refractivity contribution is 6.02. The Balaban J connectivity index is 1.76. The number of carbonyl (C=O) groups is 1. The first kappa shape index (κ1) is 18.8. The summed E-state index contributed by atoms with van der Waals surface area (Å²) in [7, 11) is 0. The lowest BCUT2D eigenvalue weighted by Gasteiger charge is -2.38. The van der Waals surface area contributed by atoms with Crippen LogP contribution in [0.25, 0.3) is 0 Å². The van der Waals surface area contributed by atoms with Crippen molar-refractivity contribution in [1.82, 2.24) is 10.2 Å². The van der Waals surface area contributed by atoms with Crippen LogP contribution in [0, 0.1) is 11.8 Å². The van der Waals surface area contributed by atoms with Crippen molar-refractivity contribution in [3.8, 4) is 0 Å².